The van der Waals surface area contributed by atoms with Gasteiger partial charge in [-0.3, -0.25) is 4.79 Å². The highest BCUT2D eigenvalue weighted by atomic mass is 35.5. The molecule has 2 heterocycles. The van der Waals surface area contributed by atoms with Crippen LogP contribution in [-0.2, 0) is 15.8 Å². The van der Waals surface area contributed by atoms with Gasteiger partial charge in [0.2, 0.25) is 5.91 Å². The topological polar surface area (TPSA) is 73.7 Å². The normalized spacial score (nSPS) is 16.2. The van der Waals surface area contributed by atoms with Crippen molar-refractivity contribution in [2.45, 2.75) is 12.6 Å². The summed E-state index contributed by atoms with van der Waals surface area (Å²) in [5.74, 6) is -1.42. The van der Waals surface area contributed by atoms with Crippen molar-refractivity contribution in [2.75, 3.05) is 31.1 Å². The summed E-state index contributed by atoms with van der Waals surface area (Å²) in [5, 5.41) is 8.44. The van der Waals surface area contributed by atoms with Crippen molar-refractivity contribution in [3.63, 3.8) is 0 Å². The molecule has 1 aromatic rings. The second-order valence-corrected chi connectivity index (χ2v) is 5.77. The van der Waals surface area contributed by atoms with Gasteiger partial charge in [0.05, 0.1) is 10.6 Å². The van der Waals surface area contributed by atoms with E-state index >= 15 is 0 Å². The number of anilines is 1. The first-order chi connectivity index (χ1) is 11.7. The molecule has 0 atom stereocenters. The van der Waals surface area contributed by atoms with Crippen LogP contribution >= 0.6 is 11.6 Å². The second-order valence-electron chi connectivity index (χ2n) is 5.36. The zero-order valence-electron chi connectivity index (χ0n) is 13.0. The Balaban J connectivity index is 2.08. The maximum absolute atomic E-state index is 12.7. The Bertz CT molecular complexity index is 694. The predicted molar refractivity (Wildman–Crippen MR) is 84.4 cm³/mol. The average molecular weight is 378 g/mol. The molecule has 10 heteroatoms. The van der Waals surface area contributed by atoms with E-state index in [4.69, 9.17) is 16.7 Å². The summed E-state index contributed by atoms with van der Waals surface area (Å²) in [6, 6.07) is 0.827. The fourth-order valence-corrected chi connectivity index (χ4v) is 2.70. The van der Waals surface area contributed by atoms with E-state index < -0.39 is 23.6 Å². The summed E-state index contributed by atoms with van der Waals surface area (Å²) < 4.78 is 38.0. The number of hydrogen-bond donors (Lipinski definition) is 1. The fraction of sp³-hybridized carbons (Fsp3) is 0.400. The van der Waals surface area contributed by atoms with Crippen molar-refractivity contribution in [3.05, 3.63) is 35.0 Å². The summed E-state index contributed by atoms with van der Waals surface area (Å²) >= 11 is 5.94. The van der Waals surface area contributed by atoms with E-state index in [1.54, 1.807) is 4.90 Å². The summed E-state index contributed by atoms with van der Waals surface area (Å²) in [6.45, 7) is 1.47. The number of nitrogens with zero attached hydrogens (tertiary/aromatic N) is 3. The third-order valence-corrected chi connectivity index (χ3v) is 3.90. The van der Waals surface area contributed by atoms with Crippen LogP contribution in [0.1, 0.15) is 12.0 Å². The van der Waals surface area contributed by atoms with E-state index in [-0.39, 0.29) is 17.4 Å². The van der Waals surface area contributed by atoms with Crippen LogP contribution in [0, 0.1) is 0 Å². The quantitative estimate of drug-likeness (QED) is 0.819. The van der Waals surface area contributed by atoms with Gasteiger partial charge in [0, 0.05) is 44.5 Å². The van der Waals surface area contributed by atoms with E-state index in [2.05, 4.69) is 4.98 Å². The lowest BCUT2D eigenvalue weighted by Crippen LogP contribution is -2.34. The molecular formula is C15H15ClF3N3O3. The lowest BCUT2D eigenvalue weighted by atomic mass is 10.2. The van der Waals surface area contributed by atoms with Crippen LogP contribution in [0.25, 0.3) is 0 Å². The van der Waals surface area contributed by atoms with E-state index in [1.807, 2.05) is 0 Å². The van der Waals surface area contributed by atoms with Crippen molar-refractivity contribution in [1.29, 1.82) is 0 Å². The summed E-state index contributed by atoms with van der Waals surface area (Å²) in [4.78, 5) is 29.4. The molecule has 1 amide bonds. The minimum Gasteiger partial charge on any atom is -0.478 e. The highest BCUT2D eigenvalue weighted by molar-refractivity contribution is 6.33. The standard InChI is InChI=1S/C15H15ClF3N3O3/c16-11-8-10(15(17,18)19)9-20-14(11)22-5-1-4-21(6-7-22)12(23)2-3-13(24)25/h2-3,8-9H,1,4-7H2,(H,24,25). The van der Waals surface area contributed by atoms with E-state index in [9.17, 15) is 22.8 Å². The van der Waals surface area contributed by atoms with Crippen LogP contribution in [0.2, 0.25) is 5.02 Å². The van der Waals surface area contributed by atoms with Crippen LogP contribution in [-0.4, -0.2) is 53.0 Å². The maximum atomic E-state index is 12.7. The molecular weight excluding hydrogens is 363 g/mol. The van der Waals surface area contributed by atoms with E-state index in [1.165, 1.54) is 4.90 Å². The van der Waals surface area contributed by atoms with Gasteiger partial charge in [-0.25, -0.2) is 9.78 Å². The average Bonchev–Trinajstić information content (AvgIpc) is 2.77. The highest BCUT2D eigenvalue weighted by Gasteiger charge is 2.32. The monoisotopic (exact) mass is 377 g/mol. The number of hydrogen-bond acceptors (Lipinski definition) is 4. The van der Waals surface area contributed by atoms with Gasteiger partial charge in [0.15, 0.2) is 0 Å². The molecule has 0 aliphatic carbocycles. The lowest BCUT2D eigenvalue weighted by molar-refractivity contribution is -0.138. The molecule has 0 unspecified atom stereocenters. The number of carbonyl (C=O) groups excluding carboxylic acids is 1. The van der Waals surface area contributed by atoms with Crippen LogP contribution < -0.4 is 4.90 Å². The van der Waals surface area contributed by atoms with Crippen LogP contribution in [0.15, 0.2) is 24.4 Å². The molecule has 1 saturated heterocycles. The van der Waals surface area contributed by atoms with E-state index in [0.29, 0.717) is 26.1 Å². The van der Waals surface area contributed by atoms with Crippen molar-refractivity contribution in [1.82, 2.24) is 9.88 Å². The third-order valence-electron chi connectivity index (χ3n) is 3.62. The number of rotatable bonds is 3. The molecule has 25 heavy (non-hydrogen) atoms. The largest absolute Gasteiger partial charge is 0.478 e. The summed E-state index contributed by atoms with van der Waals surface area (Å²) in [7, 11) is 0. The Morgan fingerprint density at radius 2 is 1.92 bits per heavy atom. The van der Waals surface area contributed by atoms with Crippen molar-refractivity contribution in [2.24, 2.45) is 0 Å². The van der Waals surface area contributed by atoms with Gasteiger partial charge < -0.3 is 14.9 Å². The Kier molecular flexibility index (Phi) is 5.89. The fourth-order valence-electron chi connectivity index (χ4n) is 2.42. The Hall–Kier alpha value is -2.29. The van der Waals surface area contributed by atoms with E-state index in [0.717, 1.165) is 24.4 Å². The number of alkyl halides is 3. The first kappa shape index (κ1) is 19.0. The number of carboxylic acids is 1. The van der Waals surface area contributed by atoms with Gasteiger partial charge in [-0.1, -0.05) is 11.6 Å². The number of amides is 1. The Morgan fingerprint density at radius 3 is 2.52 bits per heavy atom. The molecule has 1 fully saturated rings. The Labute approximate surface area is 146 Å². The number of aromatic nitrogens is 1. The highest BCUT2D eigenvalue weighted by Crippen LogP contribution is 2.33. The van der Waals surface area contributed by atoms with Gasteiger partial charge in [-0.15, -0.1) is 0 Å². The first-order valence-corrected chi connectivity index (χ1v) is 7.74. The number of carboxylic acid groups (broad SMARTS) is 1. The van der Waals surface area contributed by atoms with Gasteiger partial charge in [0.1, 0.15) is 5.82 Å². The van der Waals surface area contributed by atoms with Crippen molar-refractivity contribution in [3.8, 4) is 0 Å². The summed E-state index contributed by atoms with van der Waals surface area (Å²) in [6.07, 6.45) is -1.51. The smallest absolute Gasteiger partial charge is 0.417 e. The van der Waals surface area contributed by atoms with Crippen molar-refractivity contribution >= 4 is 29.3 Å². The number of carbonyl (C=O) groups is 2. The third kappa shape index (κ3) is 5.09. The van der Waals surface area contributed by atoms with Crippen molar-refractivity contribution < 1.29 is 27.9 Å². The van der Waals surface area contributed by atoms with Crippen LogP contribution in [0.3, 0.4) is 0 Å². The number of pyridine rings is 1. The number of aliphatic carboxylic acids is 1. The number of halogens is 4. The first-order valence-electron chi connectivity index (χ1n) is 7.36. The molecule has 0 radical (unpaired) electrons. The summed E-state index contributed by atoms with van der Waals surface area (Å²) in [5.41, 5.74) is -0.924. The molecule has 0 aromatic carbocycles. The molecule has 0 bridgehead atoms. The van der Waals surface area contributed by atoms with Crippen LogP contribution in [0.4, 0.5) is 19.0 Å². The minimum atomic E-state index is -4.52. The molecule has 6 nitrogen and oxygen atoms in total. The molecule has 0 saturated carbocycles. The lowest BCUT2D eigenvalue weighted by Gasteiger charge is -2.23. The van der Waals surface area contributed by atoms with Gasteiger partial charge in [0.25, 0.3) is 0 Å². The van der Waals surface area contributed by atoms with Gasteiger partial charge in [-0.05, 0) is 12.5 Å². The molecule has 136 valence electrons. The minimum absolute atomic E-state index is 0.111. The molecule has 2 rings (SSSR count). The molecule has 1 aromatic heterocycles. The zero-order chi connectivity index (χ0) is 18.6. The molecule has 1 aliphatic heterocycles. The van der Waals surface area contributed by atoms with Crippen LogP contribution in [0.5, 0.6) is 0 Å². The molecule has 0 spiro atoms. The maximum Gasteiger partial charge on any atom is 0.417 e. The Morgan fingerprint density at radius 1 is 1.20 bits per heavy atom. The molecule has 1 N–H and O–H groups in total. The SMILES string of the molecule is O=C(O)C=CC(=O)N1CCCN(c2ncc(C(F)(F)F)cc2Cl)CC1. The second kappa shape index (κ2) is 7.73. The van der Waals surface area contributed by atoms with Gasteiger partial charge >= 0.3 is 12.1 Å². The molecule has 1 aliphatic rings. The zero-order valence-corrected chi connectivity index (χ0v) is 13.7. The van der Waals surface area contributed by atoms with Gasteiger partial charge in [-0.2, -0.15) is 13.2 Å². The predicted octanol–water partition coefficient (Wildman–Crippen LogP) is 2.43.